The molecule has 0 saturated carbocycles. The Labute approximate surface area is 170 Å². The highest BCUT2D eigenvalue weighted by atomic mass is 35.5. The Hall–Kier alpha value is -2.25. The first-order valence-electron chi connectivity index (χ1n) is 9.12. The number of amides is 1. The predicted octanol–water partition coefficient (Wildman–Crippen LogP) is 2.94. The zero-order chi connectivity index (χ0) is 20.7. The van der Waals surface area contributed by atoms with Crippen molar-refractivity contribution in [2.24, 2.45) is 0 Å². The average molecular weight is 412 g/mol. The van der Waals surface area contributed by atoms with Crippen LogP contribution in [0.1, 0.15) is 26.3 Å². The number of hydrogen-bond acceptors (Lipinski definition) is 6. The van der Waals surface area contributed by atoms with E-state index < -0.39 is 5.97 Å². The second-order valence-corrected chi connectivity index (χ2v) is 6.87. The maximum Gasteiger partial charge on any atom is 0.331 e. The van der Waals surface area contributed by atoms with Crippen molar-refractivity contribution in [1.82, 2.24) is 4.90 Å². The SMILES string of the molecule is CCOc1c(Cl)cc(/C=C/C(=O)OCC(=O)N2C[C@@H](C)O[C@H](C)C2)cc1OC. The Bertz CT molecular complexity index is 726. The van der Waals surface area contributed by atoms with Crippen LogP contribution in [0, 0.1) is 0 Å². The summed E-state index contributed by atoms with van der Waals surface area (Å²) in [6, 6.07) is 3.35. The van der Waals surface area contributed by atoms with E-state index >= 15 is 0 Å². The number of esters is 1. The maximum absolute atomic E-state index is 12.2. The molecule has 1 fully saturated rings. The summed E-state index contributed by atoms with van der Waals surface area (Å²) in [5, 5.41) is 0.375. The van der Waals surface area contributed by atoms with Gasteiger partial charge >= 0.3 is 5.97 Å². The van der Waals surface area contributed by atoms with Crippen molar-refractivity contribution in [2.45, 2.75) is 33.0 Å². The number of carbonyl (C=O) groups excluding carboxylic acids is 2. The van der Waals surface area contributed by atoms with E-state index in [1.165, 1.54) is 19.3 Å². The summed E-state index contributed by atoms with van der Waals surface area (Å²) in [5.74, 6) is 0.0558. The molecule has 1 saturated heterocycles. The standard InChI is InChI=1S/C20H26ClNO6/c1-5-26-20-16(21)8-15(9-17(20)25-4)6-7-19(24)27-12-18(23)22-10-13(2)28-14(3)11-22/h6-9,13-14H,5,10-12H2,1-4H3/b7-6+/t13-,14-/m1/s1. The van der Waals surface area contributed by atoms with Gasteiger partial charge in [0.05, 0.1) is 30.9 Å². The van der Waals surface area contributed by atoms with Crippen molar-refractivity contribution in [3.63, 3.8) is 0 Å². The highest BCUT2D eigenvalue weighted by molar-refractivity contribution is 6.32. The largest absolute Gasteiger partial charge is 0.493 e. The fourth-order valence-electron chi connectivity index (χ4n) is 2.94. The van der Waals surface area contributed by atoms with Gasteiger partial charge in [-0.05, 0) is 44.5 Å². The smallest absolute Gasteiger partial charge is 0.331 e. The van der Waals surface area contributed by atoms with Gasteiger partial charge in [-0.1, -0.05) is 11.6 Å². The third-order valence-corrected chi connectivity index (χ3v) is 4.34. The van der Waals surface area contributed by atoms with E-state index in [0.717, 1.165) is 0 Å². The van der Waals surface area contributed by atoms with Crippen LogP contribution < -0.4 is 9.47 Å². The van der Waals surface area contributed by atoms with Crippen LogP contribution in [0.25, 0.3) is 6.08 Å². The predicted molar refractivity (Wildman–Crippen MR) is 106 cm³/mol. The molecule has 1 aliphatic heterocycles. The molecule has 0 N–H and O–H groups in total. The van der Waals surface area contributed by atoms with Crippen LogP contribution in [-0.4, -0.2) is 62.4 Å². The highest BCUT2D eigenvalue weighted by Crippen LogP contribution is 2.36. The van der Waals surface area contributed by atoms with E-state index in [9.17, 15) is 9.59 Å². The lowest BCUT2D eigenvalue weighted by Crippen LogP contribution is -2.49. The number of methoxy groups -OCH3 is 1. The summed E-state index contributed by atoms with van der Waals surface area (Å²) in [6.45, 7) is 6.77. The van der Waals surface area contributed by atoms with Gasteiger partial charge in [0.15, 0.2) is 18.1 Å². The fraction of sp³-hybridized carbons (Fsp3) is 0.500. The van der Waals surface area contributed by atoms with Gasteiger partial charge in [-0.15, -0.1) is 0 Å². The summed E-state index contributed by atoms with van der Waals surface area (Å²) in [7, 11) is 1.51. The van der Waals surface area contributed by atoms with E-state index in [1.807, 2.05) is 20.8 Å². The van der Waals surface area contributed by atoms with Crippen LogP contribution in [0.3, 0.4) is 0 Å². The molecule has 1 heterocycles. The summed E-state index contributed by atoms with van der Waals surface area (Å²) < 4.78 is 21.4. The average Bonchev–Trinajstić information content (AvgIpc) is 2.65. The topological polar surface area (TPSA) is 74.3 Å². The van der Waals surface area contributed by atoms with Crippen molar-refractivity contribution in [3.8, 4) is 11.5 Å². The summed E-state index contributed by atoms with van der Waals surface area (Å²) in [6.07, 6.45) is 2.70. The molecule has 1 amide bonds. The Morgan fingerprint density at radius 1 is 1.29 bits per heavy atom. The molecule has 28 heavy (non-hydrogen) atoms. The molecule has 0 aromatic heterocycles. The van der Waals surface area contributed by atoms with Gasteiger partial charge in [0.1, 0.15) is 0 Å². The van der Waals surface area contributed by atoms with Crippen molar-refractivity contribution in [3.05, 3.63) is 28.8 Å². The minimum absolute atomic E-state index is 0.0392. The van der Waals surface area contributed by atoms with Crippen LogP contribution in [0.2, 0.25) is 5.02 Å². The van der Waals surface area contributed by atoms with Gasteiger partial charge in [0.2, 0.25) is 0 Å². The molecule has 1 aromatic carbocycles. The van der Waals surface area contributed by atoms with Crippen LogP contribution in [0.5, 0.6) is 11.5 Å². The monoisotopic (exact) mass is 411 g/mol. The molecular formula is C20H26ClNO6. The fourth-order valence-corrected chi connectivity index (χ4v) is 3.21. The molecule has 2 rings (SSSR count). The van der Waals surface area contributed by atoms with Gasteiger partial charge in [0.25, 0.3) is 5.91 Å². The number of morpholine rings is 1. The van der Waals surface area contributed by atoms with Crippen molar-refractivity contribution >= 4 is 29.6 Å². The second-order valence-electron chi connectivity index (χ2n) is 6.46. The quantitative estimate of drug-likeness (QED) is 0.507. The van der Waals surface area contributed by atoms with Crippen LogP contribution in [-0.2, 0) is 19.1 Å². The molecule has 1 aliphatic rings. The molecule has 154 valence electrons. The first kappa shape index (κ1) is 22.0. The lowest BCUT2D eigenvalue weighted by Gasteiger charge is -2.35. The third-order valence-electron chi connectivity index (χ3n) is 4.06. The van der Waals surface area contributed by atoms with Crippen molar-refractivity contribution in [1.29, 1.82) is 0 Å². The lowest BCUT2D eigenvalue weighted by molar-refractivity contribution is -0.154. The van der Waals surface area contributed by atoms with E-state index in [4.69, 9.17) is 30.5 Å². The summed E-state index contributed by atoms with van der Waals surface area (Å²) in [4.78, 5) is 25.8. The van der Waals surface area contributed by atoms with Gasteiger partial charge in [-0.25, -0.2) is 4.79 Å². The number of halogens is 1. The number of carbonyl (C=O) groups is 2. The number of benzene rings is 1. The summed E-state index contributed by atoms with van der Waals surface area (Å²) in [5.41, 5.74) is 0.643. The molecule has 0 bridgehead atoms. The number of ether oxygens (including phenoxy) is 4. The normalized spacial score (nSPS) is 19.5. The minimum Gasteiger partial charge on any atom is -0.493 e. The van der Waals surface area contributed by atoms with E-state index in [1.54, 1.807) is 17.0 Å². The first-order valence-corrected chi connectivity index (χ1v) is 9.50. The van der Waals surface area contributed by atoms with Crippen molar-refractivity contribution in [2.75, 3.05) is 33.4 Å². The Balaban J connectivity index is 1.93. The van der Waals surface area contributed by atoms with Crippen LogP contribution in [0.15, 0.2) is 18.2 Å². The number of rotatable bonds is 7. The minimum atomic E-state index is -0.619. The number of hydrogen-bond donors (Lipinski definition) is 0. The van der Waals surface area contributed by atoms with Crippen molar-refractivity contribution < 1.29 is 28.5 Å². The van der Waals surface area contributed by atoms with Crippen LogP contribution in [0.4, 0.5) is 0 Å². The second kappa shape index (κ2) is 10.3. The van der Waals surface area contributed by atoms with Gasteiger partial charge < -0.3 is 23.8 Å². The molecule has 1 aromatic rings. The molecule has 0 radical (unpaired) electrons. The highest BCUT2D eigenvalue weighted by Gasteiger charge is 2.26. The first-order chi connectivity index (χ1) is 13.3. The Morgan fingerprint density at radius 3 is 2.57 bits per heavy atom. The van der Waals surface area contributed by atoms with E-state index in [0.29, 0.717) is 41.8 Å². The molecule has 0 spiro atoms. The molecule has 8 heteroatoms. The van der Waals surface area contributed by atoms with E-state index in [-0.39, 0.29) is 24.7 Å². The lowest BCUT2D eigenvalue weighted by atomic mass is 10.2. The zero-order valence-electron chi connectivity index (χ0n) is 16.6. The third kappa shape index (κ3) is 6.14. The van der Waals surface area contributed by atoms with Crippen LogP contribution >= 0.6 is 11.6 Å². The van der Waals surface area contributed by atoms with Gasteiger partial charge in [-0.2, -0.15) is 0 Å². The number of nitrogens with zero attached hydrogens (tertiary/aromatic N) is 1. The molecule has 7 nitrogen and oxygen atoms in total. The van der Waals surface area contributed by atoms with Gasteiger partial charge in [0, 0.05) is 19.2 Å². The Kier molecular flexibility index (Phi) is 8.14. The molecular weight excluding hydrogens is 386 g/mol. The van der Waals surface area contributed by atoms with Gasteiger partial charge in [-0.3, -0.25) is 4.79 Å². The zero-order valence-corrected chi connectivity index (χ0v) is 17.3. The molecule has 2 atom stereocenters. The molecule has 0 aliphatic carbocycles. The van der Waals surface area contributed by atoms with E-state index in [2.05, 4.69) is 0 Å². The molecule has 0 unspecified atom stereocenters. The Morgan fingerprint density at radius 2 is 1.96 bits per heavy atom. The maximum atomic E-state index is 12.2. The summed E-state index contributed by atoms with van der Waals surface area (Å²) >= 11 is 6.20.